The Hall–Kier alpha value is -1.31. The first-order valence-corrected chi connectivity index (χ1v) is 5.77. The maximum absolute atomic E-state index is 11.8. The summed E-state index contributed by atoms with van der Waals surface area (Å²) in [4.78, 5) is 11.8. The lowest BCUT2D eigenvalue weighted by Gasteiger charge is -2.15. The Morgan fingerprint density at radius 1 is 1.25 bits per heavy atom. The quantitative estimate of drug-likeness (QED) is 0.725. The summed E-state index contributed by atoms with van der Waals surface area (Å²) in [5.41, 5.74) is 1.63. The van der Waals surface area contributed by atoms with Crippen LogP contribution >= 0.6 is 0 Å². The molecule has 0 bridgehead atoms. The standard InChI is InChI=1S/C14H20O2/c1-10(2)9-12(4)16-14(15)13-8-6-5-7-11(13)3/h5-8,10,12H,9H2,1-4H3/t12-/m0/s1. The minimum absolute atomic E-state index is 0.0212. The molecule has 0 aromatic heterocycles. The Balaban J connectivity index is 2.63. The van der Waals surface area contributed by atoms with Gasteiger partial charge >= 0.3 is 5.97 Å². The molecule has 0 amide bonds. The van der Waals surface area contributed by atoms with Crippen LogP contribution in [0.15, 0.2) is 24.3 Å². The fourth-order valence-electron chi connectivity index (χ4n) is 1.76. The van der Waals surface area contributed by atoms with E-state index in [1.807, 2.05) is 32.0 Å². The Labute approximate surface area is 97.6 Å². The molecule has 0 aliphatic heterocycles. The van der Waals surface area contributed by atoms with Gasteiger partial charge in [0.2, 0.25) is 0 Å². The van der Waals surface area contributed by atoms with Crippen molar-refractivity contribution in [2.24, 2.45) is 5.92 Å². The van der Waals surface area contributed by atoms with Crippen LogP contribution < -0.4 is 0 Å². The third-order valence-corrected chi connectivity index (χ3v) is 2.48. The van der Waals surface area contributed by atoms with Crippen molar-refractivity contribution in [2.45, 2.75) is 40.2 Å². The summed E-state index contributed by atoms with van der Waals surface area (Å²) in [6.45, 7) is 8.11. The van der Waals surface area contributed by atoms with E-state index in [2.05, 4.69) is 13.8 Å². The van der Waals surface area contributed by atoms with Crippen LogP contribution in [0.1, 0.15) is 43.1 Å². The van der Waals surface area contributed by atoms with Crippen LogP contribution in [-0.2, 0) is 4.74 Å². The Bertz CT molecular complexity index is 356. The van der Waals surface area contributed by atoms with E-state index in [1.54, 1.807) is 6.07 Å². The lowest BCUT2D eigenvalue weighted by atomic mass is 10.1. The third-order valence-electron chi connectivity index (χ3n) is 2.48. The lowest BCUT2D eigenvalue weighted by Crippen LogP contribution is -2.17. The second kappa shape index (κ2) is 5.69. The van der Waals surface area contributed by atoms with Crippen molar-refractivity contribution < 1.29 is 9.53 Å². The maximum Gasteiger partial charge on any atom is 0.338 e. The summed E-state index contributed by atoms with van der Waals surface area (Å²) in [6, 6.07) is 7.50. The molecular weight excluding hydrogens is 200 g/mol. The molecule has 0 saturated heterocycles. The van der Waals surface area contributed by atoms with Gasteiger partial charge in [-0.2, -0.15) is 0 Å². The van der Waals surface area contributed by atoms with Gasteiger partial charge < -0.3 is 4.74 Å². The number of aryl methyl sites for hydroxylation is 1. The molecule has 0 saturated carbocycles. The monoisotopic (exact) mass is 220 g/mol. The zero-order valence-electron chi connectivity index (χ0n) is 10.5. The van der Waals surface area contributed by atoms with Gasteiger partial charge in [-0.05, 0) is 37.8 Å². The SMILES string of the molecule is Cc1ccccc1C(=O)O[C@@H](C)CC(C)C. The molecule has 0 N–H and O–H groups in total. The molecule has 1 rings (SSSR count). The molecule has 0 unspecified atom stereocenters. The predicted octanol–water partition coefficient (Wildman–Crippen LogP) is 3.59. The van der Waals surface area contributed by atoms with Gasteiger partial charge in [-0.3, -0.25) is 0 Å². The normalized spacial score (nSPS) is 12.6. The molecule has 0 heterocycles. The zero-order valence-corrected chi connectivity index (χ0v) is 10.5. The molecule has 1 atom stereocenters. The summed E-state index contributed by atoms with van der Waals surface area (Å²) in [6.07, 6.45) is 0.879. The molecule has 0 fully saturated rings. The van der Waals surface area contributed by atoms with E-state index in [-0.39, 0.29) is 12.1 Å². The second-order valence-corrected chi connectivity index (χ2v) is 4.66. The van der Waals surface area contributed by atoms with E-state index in [0.29, 0.717) is 11.5 Å². The minimum Gasteiger partial charge on any atom is -0.459 e. The molecule has 88 valence electrons. The first kappa shape index (κ1) is 12.8. The van der Waals surface area contributed by atoms with Gasteiger partial charge in [0.25, 0.3) is 0 Å². The van der Waals surface area contributed by atoms with Gasteiger partial charge in [0.05, 0.1) is 11.7 Å². The fourth-order valence-corrected chi connectivity index (χ4v) is 1.76. The summed E-state index contributed by atoms with van der Waals surface area (Å²) < 4.78 is 5.39. The first-order chi connectivity index (χ1) is 7.50. The van der Waals surface area contributed by atoms with Crippen molar-refractivity contribution in [2.75, 3.05) is 0 Å². The summed E-state index contributed by atoms with van der Waals surface area (Å²) >= 11 is 0. The number of rotatable bonds is 4. The molecule has 0 aliphatic carbocycles. The van der Waals surface area contributed by atoms with Crippen LogP contribution in [0, 0.1) is 12.8 Å². The second-order valence-electron chi connectivity index (χ2n) is 4.66. The van der Waals surface area contributed by atoms with Crippen LogP contribution in [0.2, 0.25) is 0 Å². The van der Waals surface area contributed by atoms with Gasteiger partial charge in [0.15, 0.2) is 0 Å². The van der Waals surface area contributed by atoms with E-state index in [0.717, 1.165) is 12.0 Å². The molecule has 2 nitrogen and oxygen atoms in total. The smallest absolute Gasteiger partial charge is 0.338 e. The van der Waals surface area contributed by atoms with Gasteiger partial charge in [-0.15, -0.1) is 0 Å². The van der Waals surface area contributed by atoms with Crippen LogP contribution in [-0.4, -0.2) is 12.1 Å². The highest BCUT2D eigenvalue weighted by Gasteiger charge is 2.14. The average molecular weight is 220 g/mol. The Morgan fingerprint density at radius 3 is 2.44 bits per heavy atom. The topological polar surface area (TPSA) is 26.3 Å². The number of esters is 1. The van der Waals surface area contributed by atoms with Crippen LogP contribution in [0.5, 0.6) is 0 Å². The maximum atomic E-state index is 11.8. The van der Waals surface area contributed by atoms with Crippen molar-refractivity contribution >= 4 is 5.97 Å². The Kier molecular flexibility index (Phi) is 4.53. The molecule has 2 heteroatoms. The minimum atomic E-state index is -0.216. The van der Waals surface area contributed by atoms with Crippen molar-refractivity contribution in [3.63, 3.8) is 0 Å². The number of hydrogen-bond donors (Lipinski definition) is 0. The zero-order chi connectivity index (χ0) is 12.1. The Morgan fingerprint density at radius 2 is 1.88 bits per heavy atom. The summed E-state index contributed by atoms with van der Waals surface area (Å²) in [5.74, 6) is 0.325. The van der Waals surface area contributed by atoms with E-state index < -0.39 is 0 Å². The van der Waals surface area contributed by atoms with Crippen LogP contribution in [0.3, 0.4) is 0 Å². The highest BCUT2D eigenvalue weighted by atomic mass is 16.5. The molecule has 0 spiro atoms. The van der Waals surface area contributed by atoms with Crippen molar-refractivity contribution in [3.8, 4) is 0 Å². The molecule has 1 aromatic rings. The van der Waals surface area contributed by atoms with E-state index in [9.17, 15) is 4.79 Å². The summed E-state index contributed by atoms with van der Waals surface area (Å²) in [7, 11) is 0. The van der Waals surface area contributed by atoms with E-state index in [4.69, 9.17) is 4.74 Å². The number of hydrogen-bond acceptors (Lipinski definition) is 2. The third kappa shape index (κ3) is 3.69. The number of carbonyl (C=O) groups excluding carboxylic acids is 1. The molecule has 1 aromatic carbocycles. The van der Waals surface area contributed by atoms with Gasteiger partial charge in [-0.1, -0.05) is 32.0 Å². The van der Waals surface area contributed by atoms with Crippen molar-refractivity contribution in [3.05, 3.63) is 35.4 Å². The number of ether oxygens (including phenoxy) is 1. The van der Waals surface area contributed by atoms with Gasteiger partial charge in [0.1, 0.15) is 0 Å². The van der Waals surface area contributed by atoms with Crippen molar-refractivity contribution in [1.82, 2.24) is 0 Å². The molecule has 16 heavy (non-hydrogen) atoms. The van der Waals surface area contributed by atoms with Crippen LogP contribution in [0.25, 0.3) is 0 Å². The number of benzene rings is 1. The van der Waals surface area contributed by atoms with Gasteiger partial charge in [-0.25, -0.2) is 4.79 Å². The van der Waals surface area contributed by atoms with E-state index >= 15 is 0 Å². The summed E-state index contributed by atoms with van der Waals surface area (Å²) in [5, 5.41) is 0. The van der Waals surface area contributed by atoms with E-state index in [1.165, 1.54) is 0 Å². The van der Waals surface area contributed by atoms with Crippen LogP contribution in [0.4, 0.5) is 0 Å². The van der Waals surface area contributed by atoms with Gasteiger partial charge in [0, 0.05) is 0 Å². The lowest BCUT2D eigenvalue weighted by molar-refractivity contribution is 0.0299. The molecule has 0 aliphatic rings. The first-order valence-electron chi connectivity index (χ1n) is 5.77. The average Bonchev–Trinajstić information content (AvgIpc) is 2.16. The van der Waals surface area contributed by atoms with Crippen molar-refractivity contribution in [1.29, 1.82) is 0 Å². The largest absolute Gasteiger partial charge is 0.459 e. The highest BCUT2D eigenvalue weighted by Crippen LogP contribution is 2.13. The molecular formula is C14H20O2. The molecule has 0 radical (unpaired) electrons. The highest BCUT2D eigenvalue weighted by molar-refractivity contribution is 5.91. The number of carbonyl (C=O) groups is 1. The fraction of sp³-hybridized carbons (Fsp3) is 0.500. The predicted molar refractivity (Wildman–Crippen MR) is 65.5 cm³/mol.